The van der Waals surface area contributed by atoms with E-state index in [1.54, 1.807) is 30.5 Å². The SMILES string of the molecule is CN(Cc1ncc(Cl)n1C)CC(O)c1ccc(C#N)cc1. The van der Waals surface area contributed by atoms with Gasteiger partial charge in [-0.1, -0.05) is 23.7 Å². The second-order valence-electron chi connectivity index (χ2n) is 5.00. The molecule has 1 aromatic heterocycles. The number of nitrogens with zero attached hydrogens (tertiary/aromatic N) is 4. The van der Waals surface area contributed by atoms with Gasteiger partial charge in [-0.3, -0.25) is 4.90 Å². The van der Waals surface area contributed by atoms with Crippen LogP contribution < -0.4 is 0 Å². The number of nitriles is 1. The zero-order chi connectivity index (χ0) is 15.4. The molecular formula is C15H17ClN4O. The second-order valence-corrected chi connectivity index (χ2v) is 5.39. The lowest BCUT2D eigenvalue weighted by Crippen LogP contribution is -2.25. The van der Waals surface area contributed by atoms with Crippen LogP contribution in [0.15, 0.2) is 30.5 Å². The summed E-state index contributed by atoms with van der Waals surface area (Å²) in [7, 11) is 3.77. The van der Waals surface area contributed by atoms with Gasteiger partial charge in [-0.05, 0) is 24.7 Å². The van der Waals surface area contributed by atoms with Gasteiger partial charge in [0.05, 0.1) is 30.5 Å². The highest BCUT2D eigenvalue weighted by Crippen LogP contribution is 2.16. The monoisotopic (exact) mass is 304 g/mol. The number of likely N-dealkylation sites (N-methyl/N-ethyl adjacent to an activating group) is 1. The third-order valence-electron chi connectivity index (χ3n) is 3.35. The van der Waals surface area contributed by atoms with E-state index in [1.807, 2.05) is 23.6 Å². The van der Waals surface area contributed by atoms with Crippen molar-refractivity contribution in [3.8, 4) is 6.07 Å². The third-order valence-corrected chi connectivity index (χ3v) is 3.70. The molecule has 1 aromatic carbocycles. The largest absolute Gasteiger partial charge is 0.387 e. The van der Waals surface area contributed by atoms with Crippen LogP contribution >= 0.6 is 11.6 Å². The Labute approximate surface area is 129 Å². The average Bonchev–Trinajstić information content (AvgIpc) is 2.79. The second kappa shape index (κ2) is 6.72. The predicted octanol–water partition coefficient (Wildman–Crippen LogP) is 2.11. The lowest BCUT2D eigenvalue weighted by Gasteiger charge is -2.20. The van der Waals surface area contributed by atoms with E-state index in [4.69, 9.17) is 16.9 Å². The summed E-state index contributed by atoms with van der Waals surface area (Å²) in [6.07, 6.45) is 1.00. The number of hydrogen-bond donors (Lipinski definition) is 1. The molecule has 0 radical (unpaired) electrons. The maximum Gasteiger partial charge on any atom is 0.128 e. The molecule has 0 aliphatic rings. The summed E-state index contributed by atoms with van der Waals surface area (Å²) in [5.74, 6) is 0.842. The van der Waals surface area contributed by atoms with Crippen molar-refractivity contribution in [1.82, 2.24) is 14.5 Å². The molecule has 0 spiro atoms. The molecule has 0 saturated carbocycles. The Hall–Kier alpha value is -1.87. The Kier molecular flexibility index (Phi) is 4.97. The third kappa shape index (κ3) is 3.82. The molecule has 1 unspecified atom stereocenters. The molecule has 1 heterocycles. The van der Waals surface area contributed by atoms with Crippen LogP contribution in [0.2, 0.25) is 5.15 Å². The molecule has 0 bridgehead atoms. The van der Waals surface area contributed by atoms with Crippen molar-refractivity contribution in [3.05, 3.63) is 52.6 Å². The van der Waals surface area contributed by atoms with Crippen molar-refractivity contribution in [2.45, 2.75) is 12.6 Å². The van der Waals surface area contributed by atoms with Crippen LogP contribution in [-0.2, 0) is 13.6 Å². The first-order chi connectivity index (χ1) is 10.0. The number of hydrogen-bond acceptors (Lipinski definition) is 4. The van der Waals surface area contributed by atoms with E-state index >= 15 is 0 Å². The fourth-order valence-electron chi connectivity index (χ4n) is 2.06. The summed E-state index contributed by atoms with van der Waals surface area (Å²) < 4.78 is 1.81. The number of benzene rings is 1. The van der Waals surface area contributed by atoms with Gasteiger partial charge in [0.1, 0.15) is 11.0 Å². The highest BCUT2D eigenvalue weighted by atomic mass is 35.5. The Morgan fingerprint density at radius 2 is 2.10 bits per heavy atom. The van der Waals surface area contributed by atoms with Gasteiger partial charge >= 0.3 is 0 Å². The fourth-order valence-corrected chi connectivity index (χ4v) is 2.20. The van der Waals surface area contributed by atoms with Crippen LogP contribution in [0.1, 0.15) is 23.1 Å². The fraction of sp³-hybridized carbons (Fsp3) is 0.333. The van der Waals surface area contributed by atoms with Gasteiger partial charge in [0.2, 0.25) is 0 Å². The Bertz CT molecular complexity index is 645. The zero-order valence-electron chi connectivity index (χ0n) is 12.0. The summed E-state index contributed by atoms with van der Waals surface area (Å²) in [6.45, 7) is 1.06. The first-order valence-electron chi connectivity index (χ1n) is 6.54. The number of rotatable bonds is 5. The Balaban J connectivity index is 1.96. The maximum atomic E-state index is 10.2. The van der Waals surface area contributed by atoms with Gasteiger partial charge in [-0.2, -0.15) is 5.26 Å². The topological polar surface area (TPSA) is 65.1 Å². The van der Waals surface area contributed by atoms with Gasteiger partial charge in [0, 0.05) is 13.6 Å². The van der Waals surface area contributed by atoms with Gasteiger partial charge in [-0.15, -0.1) is 0 Å². The molecule has 2 rings (SSSR count). The smallest absolute Gasteiger partial charge is 0.128 e. The first-order valence-corrected chi connectivity index (χ1v) is 6.92. The van der Waals surface area contributed by atoms with E-state index in [2.05, 4.69) is 11.1 Å². The van der Waals surface area contributed by atoms with Crippen molar-refractivity contribution in [2.75, 3.05) is 13.6 Å². The number of aliphatic hydroxyl groups is 1. The summed E-state index contributed by atoms with van der Waals surface area (Å²) in [6, 6.07) is 9.02. The molecular weight excluding hydrogens is 288 g/mol. The molecule has 0 aliphatic carbocycles. The van der Waals surface area contributed by atoms with E-state index in [0.29, 0.717) is 23.8 Å². The predicted molar refractivity (Wildman–Crippen MR) is 80.7 cm³/mol. The van der Waals surface area contributed by atoms with E-state index in [-0.39, 0.29) is 0 Å². The van der Waals surface area contributed by atoms with Gasteiger partial charge < -0.3 is 9.67 Å². The molecule has 0 fully saturated rings. The van der Waals surface area contributed by atoms with Crippen LogP contribution in [0.3, 0.4) is 0 Å². The summed E-state index contributed by atoms with van der Waals surface area (Å²) >= 11 is 5.95. The van der Waals surface area contributed by atoms with Gasteiger partial charge in [0.25, 0.3) is 0 Å². The van der Waals surface area contributed by atoms with Crippen LogP contribution in [0.25, 0.3) is 0 Å². The van der Waals surface area contributed by atoms with Crippen molar-refractivity contribution < 1.29 is 5.11 Å². The summed E-state index contributed by atoms with van der Waals surface area (Å²) in [5, 5.41) is 19.6. The first kappa shape index (κ1) is 15.5. The minimum Gasteiger partial charge on any atom is -0.387 e. The molecule has 5 nitrogen and oxygen atoms in total. The molecule has 1 atom stereocenters. The molecule has 2 aromatic rings. The van der Waals surface area contributed by atoms with Crippen LogP contribution in [0.4, 0.5) is 0 Å². The quantitative estimate of drug-likeness (QED) is 0.919. The van der Waals surface area contributed by atoms with E-state index < -0.39 is 6.10 Å². The minimum absolute atomic E-state index is 0.469. The van der Waals surface area contributed by atoms with E-state index in [1.165, 1.54) is 0 Å². The summed E-state index contributed by atoms with van der Waals surface area (Å²) in [4.78, 5) is 6.20. The van der Waals surface area contributed by atoms with Gasteiger partial charge in [-0.25, -0.2) is 4.98 Å². The number of halogens is 1. The highest BCUT2D eigenvalue weighted by Gasteiger charge is 2.13. The minimum atomic E-state index is -0.613. The zero-order valence-corrected chi connectivity index (χ0v) is 12.7. The standard InChI is InChI=1S/C15H17ClN4O/c1-19(10-15-18-8-14(16)20(15)2)9-13(21)12-5-3-11(7-17)4-6-12/h3-6,8,13,21H,9-10H2,1-2H3. The van der Waals surface area contributed by atoms with E-state index in [9.17, 15) is 5.11 Å². The highest BCUT2D eigenvalue weighted by molar-refractivity contribution is 6.29. The molecule has 0 aliphatic heterocycles. The normalized spacial score (nSPS) is 12.4. The van der Waals surface area contributed by atoms with Crippen molar-refractivity contribution in [1.29, 1.82) is 5.26 Å². The number of aromatic nitrogens is 2. The van der Waals surface area contributed by atoms with Crippen molar-refractivity contribution in [2.24, 2.45) is 7.05 Å². The summed E-state index contributed by atoms with van der Waals surface area (Å²) in [5.41, 5.74) is 1.38. The molecule has 1 N–H and O–H groups in total. The lowest BCUT2D eigenvalue weighted by molar-refractivity contribution is 0.122. The molecule has 21 heavy (non-hydrogen) atoms. The molecule has 6 heteroatoms. The number of imidazole rings is 1. The Morgan fingerprint density at radius 1 is 1.43 bits per heavy atom. The lowest BCUT2D eigenvalue weighted by atomic mass is 10.1. The van der Waals surface area contributed by atoms with Crippen molar-refractivity contribution >= 4 is 11.6 Å². The molecule has 0 amide bonds. The Morgan fingerprint density at radius 3 is 2.62 bits per heavy atom. The van der Waals surface area contributed by atoms with Crippen molar-refractivity contribution in [3.63, 3.8) is 0 Å². The average molecular weight is 305 g/mol. The van der Waals surface area contributed by atoms with Gasteiger partial charge in [0.15, 0.2) is 0 Å². The molecule has 110 valence electrons. The number of aliphatic hydroxyl groups excluding tert-OH is 1. The van der Waals surface area contributed by atoms with Crippen LogP contribution in [-0.4, -0.2) is 33.1 Å². The molecule has 0 saturated heterocycles. The van der Waals surface area contributed by atoms with Crippen LogP contribution in [0.5, 0.6) is 0 Å². The van der Waals surface area contributed by atoms with E-state index in [0.717, 1.165) is 11.4 Å². The maximum absolute atomic E-state index is 10.2. The van der Waals surface area contributed by atoms with Crippen LogP contribution in [0, 0.1) is 11.3 Å².